The molecule has 2 heterocycles. The lowest BCUT2D eigenvalue weighted by atomic mass is 10.3. The highest BCUT2D eigenvalue weighted by Crippen LogP contribution is 2.23. The molecule has 2 aromatic rings. The van der Waals surface area contributed by atoms with E-state index >= 15 is 0 Å². The van der Waals surface area contributed by atoms with Crippen LogP contribution >= 0.6 is 0 Å². The van der Waals surface area contributed by atoms with Crippen LogP contribution in [0.4, 0.5) is 11.6 Å². The van der Waals surface area contributed by atoms with Crippen molar-refractivity contribution in [3.8, 4) is 0 Å². The van der Waals surface area contributed by atoms with Gasteiger partial charge in [-0.3, -0.25) is 9.59 Å². The van der Waals surface area contributed by atoms with E-state index in [2.05, 4.69) is 15.3 Å². The number of benzene rings is 1. The molecule has 0 saturated carbocycles. The molecular formula is C19H23N5O5S. The molecule has 1 amide bonds. The summed E-state index contributed by atoms with van der Waals surface area (Å²) in [6.45, 7) is 0.376. The Morgan fingerprint density at radius 3 is 2.57 bits per heavy atom. The molecule has 1 aromatic carbocycles. The van der Waals surface area contributed by atoms with E-state index in [1.165, 1.54) is 21.3 Å². The summed E-state index contributed by atoms with van der Waals surface area (Å²) in [6.07, 6.45) is 4.78. The second-order valence-electron chi connectivity index (χ2n) is 6.75. The molecule has 160 valence electrons. The number of carbonyl (C=O) groups excluding carboxylic acids is 2. The Kier molecular flexibility index (Phi) is 6.95. The number of anilines is 2. The van der Waals surface area contributed by atoms with Crippen LogP contribution in [0.5, 0.6) is 0 Å². The fourth-order valence-electron chi connectivity index (χ4n) is 2.95. The van der Waals surface area contributed by atoms with Crippen molar-refractivity contribution in [1.29, 1.82) is 0 Å². The number of hydrogen-bond donors (Lipinski definition) is 1. The first kappa shape index (κ1) is 21.7. The monoisotopic (exact) mass is 433 g/mol. The molecule has 30 heavy (non-hydrogen) atoms. The van der Waals surface area contributed by atoms with Crippen molar-refractivity contribution in [3.05, 3.63) is 42.7 Å². The van der Waals surface area contributed by atoms with Crippen LogP contribution in [0.1, 0.15) is 12.8 Å². The Morgan fingerprint density at radius 1 is 1.17 bits per heavy atom. The van der Waals surface area contributed by atoms with E-state index in [0.717, 1.165) is 12.8 Å². The van der Waals surface area contributed by atoms with Crippen molar-refractivity contribution in [2.24, 2.45) is 0 Å². The molecule has 10 nitrogen and oxygen atoms in total. The van der Waals surface area contributed by atoms with Gasteiger partial charge in [0.25, 0.3) is 5.91 Å². The van der Waals surface area contributed by atoms with Gasteiger partial charge in [-0.25, -0.2) is 18.4 Å². The maximum absolute atomic E-state index is 12.6. The average molecular weight is 433 g/mol. The molecule has 1 aliphatic rings. The summed E-state index contributed by atoms with van der Waals surface area (Å²) < 4.78 is 31.7. The number of aromatic nitrogens is 2. The summed E-state index contributed by atoms with van der Waals surface area (Å²) in [5.74, 6) is -0.835. The molecular weight excluding hydrogens is 410 g/mol. The third-order valence-corrected chi connectivity index (χ3v) is 6.34. The molecule has 1 fully saturated rings. The topological polar surface area (TPSA) is 122 Å². The summed E-state index contributed by atoms with van der Waals surface area (Å²) in [5, 5.41) is 2.55. The van der Waals surface area contributed by atoms with E-state index in [4.69, 9.17) is 4.74 Å². The standard InChI is InChI=1S/C19H23N5O5S/c1-23(19-20-8-5-9-21-19)13-18(26)29-14-17(25)22-15-6-4-7-16(12-15)30(27,28)24-10-2-3-11-24/h4-9,12H,2-3,10-11,13-14H2,1H3,(H,22,25). The Hall–Kier alpha value is -3.05. The van der Waals surface area contributed by atoms with E-state index in [-0.39, 0.29) is 11.4 Å². The Labute approximate surface area is 174 Å². The number of nitrogens with one attached hydrogen (secondary N) is 1. The highest BCUT2D eigenvalue weighted by atomic mass is 32.2. The Balaban J connectivity index is 1.52. The van der Waals surface area contributed by atoms with Gasteiger partial charge in [-0.1, -0.05) is 6.07 Å². The predicted molar refractivity (Wildman–Crippen MR) is 109 cm³/mol. The molecule has 0 atom stereocenters. The molecule has 0 unspecified atom stereocenters. The van der Waals surface area contributed by atoms with Crippen molar-refractivity contribution in [3.63, 3.8) is 0 Å². The van der Waals surface area contributed by atoms with Gasteiger partial charge in [0.1, 0.15) is 6.54 Å². The number of esters is 1. The summed E-state index contributed by atoms with van der Waals surface area (Å²) in [7, 11) is -1.96. The minimum Gasteiger partial charge on any atom is -0.454 e. The van der Waals surface area contributed by atoms with E-state index in [1.807, 2.05) is 0 Å². The molecule has 1 N–H and O–H groups in total. The lowest BCUT2D eigenvalue weighted by molar-refractivity contribution is -0.145. The zero-order valence-electron chi connectivity index (χ0n) is 16.5. The summed E-state index contributed by atoms with van der Waals surface area (Å²) in [4.78, 5) is 33.7. The van der Waals surface area contributed by atoms with Crippen molar-refractivity contribution in [2.45, 2.75) is 17.7 Å². The van der Waals surface area contributed by atoms with Gasteiger partial charge in [-0.05, 0) is 37.1 Å². The van der Waals surface area contributed by atoms with Gasteiger partial charge in [0.05, 0.1) is 4.90 Å². The maximum atomic E-state index is 12.6. The maximum Gasteiger partial charge on any atom is 0.326 e. The zero-order chi connectivity index (χ0) is 21.6. The van der Waals surface area contributed by atoms with Crippen molar-refractivity contribution in [1.82, 2.24) is 14.3 Å². The quantitative estimate of drug-likeness (QED) is 0.609. The van der Waals surface area contributed by atoms with Crippen LogP contribution in [0.3, 0.4) is 0 Å². The lowest BCUT2D eigenvalue weighted by Crippen LogP contribution is -2.30. The molecule has 0 aliphatic carbocycles. The van der Waals surface area contributed by atoms with Gasteiger partial charge in [-0.15, -0.1) is 0 Å². The molecule has 1 saturated heterocycles. The molecule has 0 bridgehead atoms. The largest absolute Gasteiger partial charge is 0.454 e. The molecule has 3 rings (SSSR count). The van der Waals surface area contributed by atoms with Gasteiger partial charge in [0, 0.05) is 38.2 Å². The number of likely N-dealkylation sites (N-methyl/N-ethyl adjacent to an activating group) is 1. The van der Waals surface area contributed by atoms with E-state index in [9.17, 15) is 18.0 Å². The smallest absolute Gasteiger partial charge is 0.326 e. The number of carbonyl (C=O) groups is 2. The summed E-state index contributed by atoms with van der Waals surface area (Å²) in [6, 6.07) is 7.67. The first-order valence-electron chi connectivity index (χ1n) is 9.40. The number of amides is 1. The zero-order valence-corrected chi connectivity index (χ0v) is 17.3. The number of hydrogen-bond acceptors (Lipinski definition) is 8. The van der Waals surface area contributed by atoms with Crippen LogP contribution in [0.2, 0.25) is 0 Å². The number of sulfonamides is 1. The van der Waals surface area contributed by atoms with E-state index in [0.29, 0.717) is 24.7 Å². The highest BCUT2D eigenvalue weighted by molar-refractivity contribution is 7.89. The first-order chi connectivity index (χ1) is 14.4. The van der Waals surface area contributed by atoms with Gasteiger partial charge in [0.15, 0.2) is 6.61 Å². The number of nitrogens with zero attached hydrogens (tertiary/aromatic N) is 4. The van der Waals surface area contributed by atoms with Crippen molar-refractivity contribution >= 4 is 33.5 Å². The minimum absolute atomic E-state index is 0.115. The van der Waals surface area contributed by atoms with Gasteiger partial charge in [0.2, 0.25) is 16.0 Å². The first-order valence-corrected chi connectivity index (χ1v) is 10.8. The SMILES string of the molecule is CN(CC(=O)OCC(=O)Nc1cccc(S(=O)(=O)N2CCCC2)c1)c1ncccn1. The second-order valence-corrected chi connectivity index (χ2v) is 8.69. The predicted octanol–water partition coefficient (Wildman–Crippen LogP) is 0.879. The Morgan fingerprint density at radius 2 is 1.87 bits per heavy atom. The molecule has 1 aromatic heterocycles. The van der Waals surface area contributed by atoms with Crippen LogP contribution in [0.25, 0.3) is 0 Å². The summed E-state index contributed by atoms with van der Waals surface area (Å²) in [5.41, 5.74) is 0.311. The summed E-state index contributed by atoms with van der Waals surface area (Å²) >= 11 is 0. The third-order valence-electron chi connectivity index (χ3n) is 4.44. The van der Waals surface area contributed by atoms with Crippen LogP contribution in [0.15, 0.2) is 47.6 Å². The van der Waals surface area contributed by atoms with Crippen LogP contribution in [0, 0.1) is 0 Å². The normalized spacial score (nSPS) is 14.3. The molecule has 1 aliphatic heterocycles. The lowest BCUT2D eigenvalue weighted by Gasteiger charge is -2.16. The van der Waals surface area contributed by atoms with E-state index < -0.39 is 28.5 Å². The fourth-order valence-corrected chi connectivity index (χ4v) is 4.52. The average Bonchev–Trinajstić information content (AvgIpc) is 3.29. The van der Waals surface area contributed by atoms with Gasteiger partial charge in [-0.2, -0.15) is 4.31 Å². The van der Waals surface area contributed by atoms with Crippen molar-refractivity contribution in [2.75, 3.05) is 43.5 Å². The molecule has 0 spiro atoms. The van der Waals surface area contributed by atoms with Crippen LogP contribution < -0.4 is 10.2 Å². The van der Waals surface area contributed by atoms with Crippen molar-refractivity contribution < 1.29 is 22.7 Å². The van der Waals surface area contributed by atoms with Gasteiger partial charge < -0.3 is 15.0 Å². The minimum atomic E-state index is -3.58. The van der Waals surface area contributed by atoms with Gasteiger partial charge >= 0.3 is 5.97 Å². The molecule has 0 radical (unpaired) electrons. The third kappa shape index (κ3) is 5.51. The Bertz CT molecular complexity index is 993. The number of ether oxygens (including phenoxy) is 1. The second kappa shape index (κ2) is 9.63. The van der Waals surface area contributed by atoms with Crippen LogP contribution in [-0.4, -0.2) is 67.9 Å². The van der Waals surface area contributed by atoms with E-state index in [1.54, 1.807) is 37.6 Å². The highest BCUT2D eigenvalue weighted by Gasteiger charge is 2.27. The number of rotatable bonds is 8. The fraction of sp³-hybridized carbons (Fsp3) is 0.368. The molecule has 11 heteroatoms. The van der Waals surface area contributed by atoms with Crippen LogP contribution in [-0.2, 0) is 24.3 Å².